The van der Waals surface area contributed by atoms with Gasteiger partial charge in [0, 0.05) is 45.8 Å². The summed E-state index contributed by atoms with van der Waals surface area (Å²) in [6.45, 7) is 3.40. The maximum Gasteiger partial charge on any atom is 0.295 e. The van der Waals surface area contributed by atoms with Gasteiger partial charge in [-0.15, -0.1) is 0 Å². The number of likely N-dealkylation sites (tertiary alicyclic amines) is 1. The van der Waals surface area contributed by atoms with Crippen molar-refractivity contribution < 1.29 is 37.3 Å². The third-order valence-electron chi connectivity index (χ3n) is 6.93. The first-order valence-electron chi connectivity index (χ1n) is 12.4. The van der Waals surface area contributed by atoms with Crippen LogP contribution in [0.3, 0.4) is 0 Å². The zero-order chi connectivity index (χ0) is 28.3. The molecule has 2 aromatic carbocycles. The quantitative estimate of drug-likeness (QED) is 0.278. The molecule has 210 valence electrons. The summed E-state index contributed by atoms with van der Waals surface area (Å²) >= 11 is 0. The van der Waals surface area contributed by atoms with E-state index in [9.17, 15) is 23.1 Å². The van der Waals surface area contributed by atoms with Gasteiger partial charge in [-0.05, 0) is 42.0 Å². The van der Waals surface area contributed by atoms with Crippen molar-refractivity contribution >= 4 is 27.5 Å². The summed E-state index contributed by atoms with van der Waals surface area (Å²) in [5, 5.41) is 11.3. The van der Waals surface area contributed by atoms with Crippen molar-refractivity contribution in [3.05, 3.63) is 59.2 Å². The molecule has 0 spiro atoms. The molecule has 0 aliphatic carbocycles. The number of hydrogen-bond donors (Lipinski definition) is 1. The van der Waals surface area contributed by atoms with Gasteiger partial charge in [0.05, 0.1) is 43.9 Å². The second-order valence-electron chi connectivity index (χ2n) is 9.37. The molecule has 0 aromatic heterocycles. The number of ketones is 1. The first-order valence-corrected chi connectivity index (χ1v) is 13.9. The average molecular weight is 560 g/mol. The number of aliphatic hydroxyl groups excluding tert-OH is 1. The maximum atomic E-state index is 13.4. The number of Topliss-reactive ketones (excluding diaryl/α,β-unsaturated/α-hetero) is 1. The van der Waals surface area contributed by atoms with Crippen LogP contribution in [0.2, 0.25) is 0 Å². The molecular formula is C27H33N3O8S. The number of rotatable bonds is 9. The number of nitrogens with zero attached hydrogens (tertiary/aromatic N) is 3. The van der Waals surface area contributed by atoms with Crippen LogP contribution in [0.15, 0.2) is 52.9 Å². The van der Waals surface area contributed by atoms with Crippen LogP contribution in [-0.4, -0.2) is 107 Å². The Bertz CT molecular complexity index is 1370. The summed E-state index contributed by atoms with van der Waals surface area (Å²) in [4.78, 5) is 30.3. The molecule has 39 heavy (non-hydrogen) atoms. The number of carbonyl (C=O) groups is 2. The van der Waals surface area contributed by atoms with Crippen molar-refractivity contribution in [2.45, 2.75) is 10.9 Å². The molecule has 11 nitrogen and oxygen atoms in total. The number of methoxy groups -OCH3 is 2. The Balaban J connectivity index is 1.78. The van der Waals surface area contributed by atoms with Crippen LogP contribution in [0.5, 0.6) is 11.5 Å². The second kappa shape index (κ2) is 11.7. The Morgan fingerprint density at radius 1 is 1.00 bits per heavy atom. The molecule has 0 saturated carbocycles. The number of benzene rings is 2. The highest BCUT2D eigenvalue weighted by Gasteiger charge is 2.46. The van der Waals surface area contributed by atoms with Crippen molar-refractivity contribution in [3.63, 3.8) is 0 Å². The van der Waals surface area contributed by atoms with E-state index in [1.165, 1.54) is 57.5 Å². The number of amides is 1. The standard InChI is InChI=1S/C27H33N3O8S/c1-28(2)39(34,35)20-8-5-18(6-9-20)25(31)23-24(19-7-10-21(36-3)22(17-19)37-4)30(27(33)26(23)32)12-11-29-13-15-38-16-14-29/h5-10,17,24,31H,11-16H2,1-4H3/b25-23-. The van der Waals surface area contributed by atoms with Gasteiger partial charge >= 0.3 is 0 Å². The second-order valence-corrected chi connectivity index (χ2v) is 11.5. The van der Waals surface area contributed by atoms with Crippen LogP contribution in [-0.2, 0) is 24.3 Å². The van der Waals surface area contributed by atoms with Gasteiger partial charge in [-0.1, -0.05) is 6.07 Å². The molecule has 1 amide bonds. The Kier molecular flexibility index (Phi) is 8.60. The topological polar surface area (TPSA) is 126 Å². The molecule has 2 fully saturated rings. The van der Waals surface area contributed by atoms with Gasteiger partial charge in [-0.2, -0.15) is 0 Å². The van der Waals surface area contributed by atoms with E-state index in [0.717, 1.165) is 4.31 Å². The maximum absolute atomic E-state index is 13.4. The molecule has 1 atom stereocenters. The molecule has 2 aliphatic rings. The van der Waals surface area contributed by atoms with Gasteiger partial charge in [-0.25, -0.2) is 12.7 Å². The van der Waals surface area contributed by atoms with Gasteiger partial charge < -0.3 is 24.2 Å². The predicted octanol–water partition coefficient (Wildman–Crippen LogP) is 1.71. The van der Waals surface area contributed by atoms with Crippen LogP contribution in [0.25, 0.3) is 5.76 Å². The fraction of sp³-hybridized carbons (Fsp3) is 0.407. The molecule has 1 N–H and O–H groups in total. The van der Waals surface area contributed by atoms with Crippen LogP contribution in [0, 0.1) is 0 Å². The summed E-state index contributed by atoms with van der Waals surface area (Å²) in [5.41, 5.74) is 0.684. The van der Waals surface area contributed by atoms with E-state index in [-0.39, 0.29) is 22.6 Å². The summed E-state index contributed by atoms with van der Waals surface area (Å²) in [6.07, 6.45) is 0. The molecule has 2 aliphatic heterocycles. The number of aliphatic hydroxyl groups is 1. The number of carbonyl (C=O) groups excluding carboxylic acids is 2. The summed E-state index contributed by atoms with van der Waals surface area (Å²) in [5.74, 6) is -1.05. The summed E-state index contributed by atoms with van der Waals surface area (Å²) < 4.78 is 42.2. The summed E-state index contributed by atoms with van der Waals surface area (Å²) in [6, 6.07) is 9.72. The number of morpholine rings is 1. The zero-order valence-corrected chi connectivity index (χ0v) is 23.2. The van der Waals surface area contributed by atoms with Gasteiger partial charge in [0.1, 0.15) is 5.76 Å². The smallest absolute Gasteiger partial charge is 0.295 e. The van der Waals surface area contributed by atoms with Crippen molar-refractivity contribution in [1.29, 1.82) is 0 Å². The van der Waals surface area contributed by atoms with E-state index in [4.69, 9.17) is 14.2 Å². The molecule has 1 unspecified atom stereocenters. The van der Waals surface area contributed by atoms with Crippen LogP contribution in [0.1, 0.15) is 17.2 Å². The molecular weight excluding hydrogens is 526 g/mol. The molecule has 2 aromatic rings. The summed E-state index contributed by atoms with van der Waals surface area (Å²) in [7, 11) is 2.15. The fourth-order valence-electron chi connectivity index (χ4n) is 4.71. The highest BCUT2D eigenvalue weighted by molar-refractivity contribution is 7.89. The molecule has 0 bridgehead atoms. The SMILES string of the molecule is COc1ccc(C2/C(=C(/O)c3ccc(S(=O)(=O)N(C)C)cc3)C(=O)C(=O)N2CCN2CCOCC2)cc1OC. The number of ether oxygens (including phenoxy) is 3. The fourth-order valence-corrected chi connectivity index (χ4v) is 5.61. The van der Waals surface area contributed by atoms with Crippen LogP contribution >= 0.6 is 0 Å². The monoisotopic (exact) mass is 559 g/mol. The van der Waals surface area contributed by atoms with E-state index < -0.39 is 33.5 Å². The molecule has 2 heterocycles. The minimum absolute atomic E-state index is 0.0338. The third-order valence-corrected chi connectivity index (χ3v) is 8.76. The first-order chi connectivity index (χ1) is 18.6. The van der Waals surface area contributed by atoms with Crippen molar-refractivity contribution in [3.8, 4) is 11.5 Å². The lowest BCUT2D eigenvalue weighted by atomic mass is 9.95. The normalized spacial score (nSPS) is 20.0. The molecule has 2 saturated heterocycles. The van der Waals surface area contributed by atoms with E-state index in [1.807, 2.05) is 0 Å². The van der Waals surface area contributed by atoms with Crippen molar-refractivity contribution in [2.24, 2.45) is 0 Å². The van der Waals surface area contributed by atoms with E-state index in [0.29, 0.717) is 49.9 Å². The Morgan fingerprint density at radius 3 is 2.23 bits per heavy atom. The number of sulfonamides is 1. The van der Waals surface area contributed by atoms with Gasteiger partial charge in [0.25, 0.3) is 11.7 Å². The lowest BCUT2D eigenvalue weighted by Crippen LogP contribution is -2.42. The largest absolute Gasteiger partial charge is 0.507 e. The highest BCUT2D eigenvalue weighted by atomic mass is 32.2. The zero-order valence-electron chi connectivity index (χ0n) is 22.4. The van der Waals surface area contributed by atoms with E-state index in [1.54, 1.807) is 18.2 Å². The Morgan fingerprint density at radius 2 is 1.64 bits per heavy atom. The van der Waals surface area contributed by atoms with Gasteiger partial charge in [-0.3, -0.25) is 14.5 Å². The van der Waals surface area contributed by atoms with Gasteiger partial charge in [0.2, 0.25) is 10.0 Å². The lowest BCUT2D eigenvalue weighted by molar-refractivity contribution is -0.140. The average Bonchev–Trinajstić information content (AvgIpc) is 3.20. The van der Waals surface area contributed by atoms with Crippen LogP contribution < -0.4 is 9.47 Å². The Hall–Kier alpha value is -3.45. The molecule has 12 heteroatoms. The van der Waals surface area contributed by atoms with E-state index in [2.05, 4.69) is 4.90 Å². The van der Waals surface area contributed by atoms with E-state index >= 15 is 0 Å². The van der Waals surface area contributed by atoms with Crippen molar-refractivity contribution in [1.82, 2.24) is 14.1 Å². The molecule has 0 radical (unpaired) electrons. The lowest BCUT2D eigenvalue weighted by Gasteiger charge is -2.31. The molecule has 4 rings (SSSR count). The highest BCUT2D eigenvalue weighted by Crippen LogP contribution is 2.42. The predicted molar refractivity (Wildman–Crippen MR) is 143 cm³/mol. The number of hydrogen-bond acceptors (Lipinski definition) is 9. The minimum Gasteiger partial charge on any atom is -0.507 e. The minimum atomic E-state index is -3.69. The Labute approximate surface area is 228 Å². The van der Waals surface area contributed by atoms with Crippen molar-refractivity contribution in [2.75, 3.05) is 67.7 Å². The third kappa shape index (κ3) is 5.64. The van der Waals surface area contributed by atoms with Gasteiger partial charge in [0.15, 0.2) is 11.5 Å². The van der Waals surface area contributed by atoms with Crippen LogP contribution in [0.4, 0.5) is 0 Å². The first kappa shape index (κ1) is 28.6.